The zero-order valence-corrected chi connectivity index (χ0v) is 23.6. The van der Waals surface area contributed by atoms with Crippen molar-refractivity contribution in [2.45, 2.75) is 38.1 Å². The van der Waals surface area contributed by atoms with Crippen LogP contribution in [0.25, 0.3) is 0 Å². The van der Waals surface area contributed by atoms with E-state index in [9.17, 15) is 4.79 Å². The number of primary amides is 1. The predicted octanol–water partition coefficient (Wildman–Crippen LogP) is 5.14. The molecule has 0 heterocycles. The molecule has 2 aromatic carbocycles. The van der Waals surface area contributed by atoms with Gasteiger partial charge in [-0.25, -0.2) is 4.79 Å². The molecule has 0 aromatic heterocycles. The topological polar surface area (TPSA) is 101 Å². The second kappa shape index (κ2) is 16.7. The van der Waals surface area contributed by atoms with Crippen molar-refractivity contribution in [3.63, 3.8) is 0 Å². The van der Waals surface area contributed by atoms with Crippen LogP contribution in [0.4, 0.5) is 10.5 Å². The van der Waals surface area contributed by atoms with Crippen LogP contribution in [0.3, 0.4) is 0 Å². The van der Waals surface area contributed by atoms with Gasteiger partial charge >= 0.3 is 6.03 Å². The van der Waals surface area contributed by atoms with Crippen molar-refractivity contribution in [2.24, 2.45) is 5.73 Å². The van der Waals surface area contributed by atoms with Crippen LogP contribution >= 0.6 is 35.6 Å². The van der Waals surface area contributed by atoms with Crippen LogP contribution in [0.2, 0.25) is 5.02 Å². The normalized spacial score (nSPS) is 12.3. The van der Waals surface area contributed by atoms with Gasteiger partial charge in [0.25, 0.3) is 0 Å². The van der Waals surface area contributed by atoms with Gasteiger partial charge in [-0.2, -0.15) is 5.26 Å². The lowest BCUT2D eigenvalue weighted by Gasteiger charge is -2.36. The number of nitrogens with zero attached hydrogens (tertiary/aromatic N) is 2. The smallest absolute Gasteiger partial charge is 0.319 e. The van der Waals surface area contributed by atoms with Crippen molar-refractivity contribution < 1.29 is 14.3 Å². The highest BCUT2D eigenvalue weighted by molar-refractivity contribution is 14.0. The Morgan fingerprint density at radius 3 is 2.54 bits per heavy atom. The summed E-state index contributed by atoms with van der Waals surface area (Å²) in [6.07, 6.45) is 3.20. The molecule has 0 saturated carbocycles. The maximum atomic E-state index is 12.1. The van der Waals surface area contributed by atoms with Crippen LogP contribution in [0.5, 0.6) is 0 Å². The van der Waals surface area contributed by atoms with Gasteiger partial charge in [-0.15, -0.1) is 24.0 Å². The lowest BCUT2D eigenvalue weighted by Crippen LogP contribution is -2.50. The summed E-state index contributed by atoms with van der Waals surface area (Å²) in [6.45, 7) is 4.90. The first-order chi connectivity index (χ1) is 16.4. The molecule has 2 amide bonds. The van der Waals surface area contributed by atoms with Crippen molar-refractivity contribution in [1.82, 2.24) is 5.32 Å². The summed E-state index contributed by atoms with van der Waals surface area (Å²) in [5, 5.41) is 13.4. The molecule has 192 valence electrons. The maximum absolute atomic E-state index is 12.1. The molecule has 1 unspecified atom stereocenters. The van der Waals surface area contributed by atoms with E-state index in [0.717, 1.165) is 37.3 Å². The highest BCUT2D eigenvalue weighted by atomic mass is 127. The number of likely N-dealkylation sites (N-methyl/N-ethyl adjacent to an activating group) is 1. The third-order valence-corrected chi connectivity index (χ3v) is 5.99. The summed E-state index contributed by atoms with van der Waals surface area (Å²) in [7, 11) is 1.65. The van der Waals surface area contributed by atoms with E-state index in [1.807, 2.05) is 18.2 Å². The molecular weight excluding hydrogens is 579 g/mol. The van der Waals surface area contributed by atoms with E-state index < -0.39 is 6.03 Å². The van der Waals surface area contributed by atoms with Crippen LogP contribution < -0.4 is 16.0 Å². The molecule has 0 bridgehead atoms. The summed E-state index contributed by atoms with van der Waals surface area (Å²) in [5.74, 6) is 0. The Labute approximate surface area is 230 Å². The first-order valence-electron chi connectivity index (χ1n) is 11.6. The molecule has 35 heavy (non-hydrogen) atoms. The van der Waals surface area contributed by atoms with E-state index >= 15 is 0 Å². The van der Waals surface area contributed by atoms with E-state index in [0.29, 0.717) is 37.6 Å². The molecule has 1 atom stereocenters. The largest absolute Gasteiger partial charge is 0.382 e. The quantitative estimate of drug-likeness (QED) is 0.214. The summed E-state index contributed by atoms with van der Waals surface area (Å²) in [6, 6.07) is 16.3. The number of urea groups is 1. The van der Waals surface area contributed by atoms with Crippen LogP contribution in [0, 0.1) is 11.3 Å². The monoisotopic (exact) mass is 614 g/mol. The Morgan fingerprint density at radius 2 is 1.94 bits per heavy atom. The van der Waals surface area contributed by atoms with E-state index in [4.69, 9.17) is 32.1 Å². The summed E-state index contributed by atoms with van der Waals surface area (Å²) >= 11 is 6.18. The Hall–Kier alpha value is -1.90. The van der Waals surface area contributed by atoms with Crippen LogP contribution in [0.1, 0.15) is 37.3 Å². The van der Waals surface area contributed by atoms with Crippen LogP contribution in [0.15, 0.2) is 48.5 Å². The lowest BCUT2D eigenvalue weighted by molar-refractivity contribution is 0.0270. The van der Waals surface area contributed by atoms with Gasteiger partial charge in [0.15, 0.2) is 0 Å². The van der Waals surface area contributed by atoms with Gasteiger partial charge in [0.2, 0.25) is 0 Å². The Bertz CT molecular complexity index is 939. The van der Waals surface area contributed by atoms with Crippen molar-refractivity contribution in [2.75, 3.05) is 44.9 Å². The standard InChI is InChI=1S/C26H35ClN4O3.HI/c1-3-30-26(20-34-17-16-33-2,14-12-21-6-4-7-23(27)18-21)13-5-15-31(25(29)32)24-10-8-22(19-28)9-11-24;/h4,6-11,18,30H,3,5,12-17,20H2,1-2H3,(H2,29,32);1H. The third-order valence-electron chi connectivity index (χ3n) is 5.75. The first-order valence-corrected chi connectivity index (χ1v) is 11.9. The number of carbonyl (C=O) groups is 1. The molecule has 2 aromatic rings. The molecule has 0 fully saturated rings. The number of amides is 2. The van der Waals surface area contributed by atoms with E-state index in [2.05, 4.69) is 24.4 Å². The Kier molecular flexibility index (Phi) is 14.9. The first kappa shape index (κ1) is 31.1. The SMILES string of the molecule is CCNC(CCCN(C(N)=O)c1ccc(C#N)cc1)(CCc1cccc(Cl)c1)COCCOC.I. The van der Waals surface area contributed by atoms with Gasteiger partial charge in [0, 0.05) is 29.9 Å². The number of methoxy groups -OCH3 is 1. The van der Waals surface area contributed by atoms with Gasteiger partial charge in [-0.3, -0.25) is 4.90 Å². The molecule has 9 heteroatoms. The second-order valence-corrected chi connectivity index (χ2v) is 8.67. The summed E-state index contributed by atoms with van der Waals surface area (Å²) in [4.78, 5) is 13.7. The van der Waals surface area contributed by atoms with Gasteiger partial charge in [0.1, 0.15) is 0 Å². The number of rotatable bonds is 15. The van der Waals surface area contributed by atoms with Crippen LogP contribution in [-0.4, -0.2) is 51.6 Å². The zero-order chi connectivity index (χ0) is 24.8. The zero-order valence-electron chi connectivity index (χ0n) is 20.5. The number of benzene rings is 2. The summed E-state index contributed by atoms with van der Waals surface area (Å²) in [5.41, 5.74) is 7.77. The molecular formula is C26H36ClIN4O3. The molecule has 0 spiro atoms. The number of hydrogen-bond donors (Lipinski definition) is 2. The number of hydrogen-bond acceptors (Lipinski definition) is 5. The average Bonchev–Trinajstić information content (AvgIpc) is 2.83. The Morgan fingerprint density at radius 1 is 1.20 bits per heavy atom. The molecule has 0 aliphatic rings. The molecule has 0 aliphatic carbocycles. The van der Waals surface area contributed by atoms with Crippen molar-refractivity contribution in [1.29, 1.82) is 5.26 Å². The second-order valence-electron chi connectivity index (χ2n) is 8.24. The molecule has 0 aliphatic heterocycles. The van der Waals surface area contributed by atoms with Gasteiger partial charge in [-0.05, 0) is 74.2 Å². The molecule has 0 saturated heterocycles. The number of ether oxygens (including phenoxy) is 2. The number of anilines is 1. The molecule has 3 N–H and O–H groups in total. The van der Waals surface area contributed by atoms with Crippen molar-refractivity contribution >= 4 is 47.3 Å². The lowest BCUT2D eigenvalue weighted by atomic mass is 9.87. The fourth-order valence-electron chi connectivity index (χ4n) is 4.02. The van der Waals surface area contributed by atoms with Crippen LogP contribution in [-0.2, 0) is 15.9 Å². The molecule has 2 rings (SSSR count). The van der Waals surface area contributed by atoms with E-state index in [1.165, 1.54) is 5.56 Å². The van der Waals surface area contributed by atoms with Crippen molar-refractivity contribution in [3.05, 3.63) is 64.7 Å². The van der Waals surface area contributed by atoms with Crippen molar-refractivity contribution in [3.8, 4) is 6.07 Å². The minimum atomic E-state index is -0.519. The number of nitriles is 1. The average molecular weight is 615 g/mol. The van der Waals surface area contributed by atoms with Gasteiger partial charge in [0.05, 0.1) is 31.5 Å². The fraction of sp³-hybridized carbons (Fsp3) is 0.462. The van der Waals surface area contributed by atoms with Gasteiger partial charge in [-0.1, -0.05) is 30.7 Å². The van der Waals surface area contributed by atoms with E-state index in [1.54, 1.807) is 36.3 Å². The highest BCUT2D eigenvalue weighted by Crippen LogP contribution is 2.24. The predicted molar refractivity (Wildman–Crippen MR) is 152 cm³/mol. The number of aryl methyl sites for hydroxylation is 1. The fourth-order valence-corrected chi connectivity index (χ4v) is 4.23. The number of halogens is 2. The maximum Gasteiger partial charge on any atom is 0.319 e. The molecule has 0 radical (unpaired) electrons. The minimum Gasteiger partial charge on any atom is -0.382 e. The number of nitrogens with two attached hydrogens (primary N) is 1. The Balaban J connectivity index is 0.00000612. The van der Waals surface area contributed by atoms with Gasteiger partial charge < -0.3 is 20.5 Å². The minimum absolute atomic E-state index is 0. The summed E-state index contributed by atoms with van der Waals surface area (Å²) < 4.78 is 11.1. The molecule has 7 nitrogen and oxygen atoms in total. The highest BCUT2D eigenvalue weighted by Gasteiger charge is 2.29. The van der Waals surface area contributed by atoms with E-state index in [-0.39, 0.29) is 29.5 Å². The number of carbonyl (C=O) groups excluding carboxylic acids is 1. The third kappa shape index (κ3) is 10.7. The number of nitrogens with one attached hydrogen (secondary N) is 1.